The molecule has 42 valence electrons. The molecule has 0 aromatic rings. The summed E-state index contributed by atoms with van der Waals surface area (Å²) in [4.78, 5) is 0. The molecule has 0 aliphatic rings. The maximum Gasteiger partial charge on any atom is 0.00859 e. The minimum Gasteiger partial charge on any atom is -0.107 e. The molecule has 0 spiro atoms. The fourth-order valence-electron chi connectivity index (χ4n) is 0.250. The van der Waals surface area contributed by atoms with Crippen LogP contribution in [0.25, 0.3) is 0 Å². The molecule has 0 unspecified atom stereocenters. The highest BCUT2D eigenvalue weighted by atomic mass is 13.7. The minimum absolute atomic E-state index is 0. The van der Waals surface area contributed by atoms with Gasteiger partial charge in [-0.1, -0.05) is 14.4 Å². The highest BCUT2D eigenvalue weighted by molar-refractivity contribution is 4.93. The van der Waals surface area contributed by atoms with Crippen molar-refractivity contribution in [2.24, 2.45) is 0 Å². The third kappa shape index (κ3) is 10.8. The van der Waals surface area contributed by atoms with Gasteiger partial charge in [-0.3, -0.25) is 0 Å². The van der Waals surface area contributed by atoms with Gasteiger partial charge in [0.2, 0.25) is 0 Å². The Morgan fingerprint density at radius 3 is 2.14 bits per heavy atom. The molecular formula is C7H14. The first-order valence-electron chi connectivity index (χ1n) is 2.31. The number of rotatable bonds is 1. The van der Waals surface area contributed by atoms with Gasteiger partial charge < -0.3 is 0 Å². The van der Waals surface area contributed by atoms with Gasteiger partial charge in [-0.15, -0.1) is 11.8 Å². The maximum absolute atomic E-state index is 2.95. The van der Waals surface area contributed by atoms with E-state index in [9.17, 15) is 0 Å². The van der Waals surface area contributed by atoms with Crippen LogP contribution in [0.2, 0.25) is 0 Å². The fraction of sp³-hybridized carbons (Fsp3) is 0.714. The molecule has 0 aliphatic carbocycles. The summed E-state index contributed by atoms with van der Waals surface area (Å²) < 4.78 is 0. The van der Waals surface area contributed by atoms with E-state index in [0.717, 1.165) is 6.42 Å². The van der Waals surface area contributed by atoms with Crippen molar-refractivity contribution in [3.8, 4) is 11.8 Å². The molecule has 0 radical (unpaired) electrons. The number of hydrogen-bond donors (Lipinski definition) is 0. The Kier molecular flexibility index (Phi) is 12.7. The van der Waals surface area contributed by atoms with Crippen molar-refractivity contribution in [3.63, 3.8) is 0 Å². The summed E-state index contributed by atoms with van der Waals surface area (Å²) >= 11 is 0. The van der Waals surface area contributed by atoms with Gasteiger partial charge in [0.05, 0.1) is 0 Å². The topological polar surface area (TPSA) is 0 Å². The van der Waals surface area contributed by atoms with Crippen LogP contribution in [0.3, 0.4) is 0 Å². The van der Waals surface area contributed by atoms with Crippen molar-refractivity contribution in [1.29, 1.82) is 0 Å². The Balaban J connectivity index is 0. The number of unbranched alkanes of at least 4 members (excludes halogenated alkanes) is 1. The van der Waals surface area contributed by atoms with E-state index in [2.05, 4.69) is 18.8 Å². The van der Waals surface area contributed by atoms with Crippen LogP contribution in [-0.2, 0) is 0 Å². The van der Waals surface area contributed by atoms with Gasteiger partial charge in [-0.25, -0.2) is 0 Å². The standard InChI is InChI=1S/C6H10.CH4/c1-3-5-6-4-2;/h3,5H2,1-2H3;1H4. The second kappa shape index (κ2) is 9.12. The van der Waals surface area contributed by atoms with E-state index in [1.807, 2.05) is 6.92 Å². The van der Waals surface area contributed by atoms with Crippen LogP contribution in [-0.4, -0.2) is 0 Å². The lowest BCUT2D eigenvalue weighted by atomic mass is 10.3. The molecule has 0 aromatic heterocycles. The highest BCUT2D eigenvalue weighted by Crippen LogP contribution is 1.79. The largest absolute Gasteiger partial charge is 0.107 e. The summed E-state index contributed by atoms with van der Waals surface area (Å²) in [6.07, 6.45) is 2.23. The van der Waals surface area contributed by atoms with Crippen molar-refractivity contribution < 1.29 is 0 Å². The molecule has 0 aromatic carbocycles. The predicted molar refractivity (Wildman–Crippen MR) is 35.1 cm³/mol. The molecule has 0 rings (SSSR count). The summed E-state index contributed by atoms with van der Waals surface area (Å²) in [5, 5.41) is 0. The predicted octanol–water partition coefficient (Wildman–Crippen LogP) is 2.45. The molecule has 0 bridgehead atoms. The average Bonchev–Trinajstić information content (AvgIpc) is 1.61. The number of hydrogen-bond acceptors (Lipinski definition) is 0. The lowest BCUT2D eigenvalue weighted by Crippen LogP contribution is -1.56. The first kappa shape index (κ1) is 9.75. The van der Waals surface area contributed by atoms with Crippen molar-refractivity contribution in [2.45, 2.75) is 34.1 Å². The normalized spacial score (nSPS) is 5.43. The molecule has 0 nitrogen and oxygen atoms in total. The first-order valence-corrected chi connectivity index (χ1v) is 2.31. The Hall–Kier alpha value is -0.440. The Morgan fingerprint density at radius 1 is 1.43 bits per heavy atom. The van der Waals surface area contributed by atoms with Crippen molar-refractivity contribution in [3.05, 3.63) is 0 Å². The van der Waals surface area contributed by atoms with Crippen molar-refractivity contribution in [2.75, 3.05) is 0 Å². The van der Waals surface area contributed by atoms with Gasteiger partial charge in [0.25, 0.3) is 0 Å². The zero-order valence-electron chi connectivity index (χ0n) is 4.41. The van der Waals surface area contributed by atoms with Crippen LogP contribution in [0, 0.1) is 11.8 Å². The molecule has 0 aliphatic heterocycles. The van der Waals surface area contributed by atoms with Crippen LogP contribution in [0.1, 0.15) is 34.1 Å². The van der Waals surface area contributed by atoms with Crippen LogP contribution < -0.4 is 0 Å². The molecule has 0 N–H and O–H groups in total. The van der Waals surface area contributed by atoms with E-state index >= 15 is 0 Å². The van der Waals surface area contributed by atoms with E-state index in [0.29, 0.717) is 0 Å². The summed E-state index contributed by atoms with van der Waals surface area (Å²) in [5.74, 6) is 5.77. The zero-order chi connectivity index (χ0) is 4.83. The molecule has 0 fully saturated rings. The van der Waals surface area contributed by atoms with E-state index in [4.69, 9.17) is 0 Å². The molecule has 0 heterocycles. The minimum atomic E-state index is 0. The second-order valence-corrected chi connectivity index (χ2v) is 1.18. The highest BCUT2D eigenvalue weighted by Gasteiger charge is 1.63. The van der Waals surface area contributed by atoms with E-state index in [1.54, 1.807) is 0 Å². The Labute approximate surface area is 46.9 Å². The van der Waals surface area contributed by atoms with Gasteiger partial charge in [-0.2, -0.15) is 0 Å². The Bertz CT molecular complexity index is 61.8. The maximum atomic E-state index is 2.95. The summed E-state index contributed by atoms with van der Waals surface area (Å²) in [6, 6.07) is 0. The van der Waals surface area contributed by atoms with Gasteiger partial charge in [0.15, 0.2) is 0 Å². The van der Waals surface area contributed by atoms with Gasteiger partial charge in [0, 0.05) is 6.42 Å². The van der Waals surface area contributed by atoms with Crippen LogP contribution >= 0.6 is 0 Å². The van der Waals surface area contributed by atoms with Crippen LogP contribution in [0.5, 0.6) is 0 Å². The van der Waals surface area contributed by atoms with E-state index in [-0.39, 0.29) is 7.43 Å². The van der Waals surface area contributed by atoms with Crippen molar-refractivity contribution >= 4 is 0 Å². The molecule has 0 saturated carbocycles. The SMILES string of the molecule is C.CC#CCCC. The third-order valence-electron chi connectivity index (χ3n) is 0.552. The summed E-state index contributed by atoms with van der Waals surface area (Å²) in [6.45, 7) is 4.00. The molecule has 7 heavy (non-hydrogen) atoms. The molecular weight excluding hydrogens is 84.1 g/mol. The third-order valence-corrected chi connectivity index (χ3v) is 0.552. The van der Waals surface area contributed by atoms with E-state index < -0.39 is 0 Å². The average molecular weight is 98.2 g/mol. The molecule has 0 saturated heterocycles. The van der Waals surface area contributed by atoms with Crippen LogP contribution in [0.4, 0.5) is 0 Å². The summed E-state index contributed by atoms with van der Waals surface area (Å²) in [5.41, 5.74) is 0. The second-order valence-electron chi connectivity index (χ2n) is 1.18. The fourth-order valence-corrected chi connectivity index (χ4v) is 0.250. The van der Waals surface area contributed by atoms with Crippen molar-refractivity contribution in [1.82, 2.24) is 0 Å². The monoisotopic (exact) mass is 98.1 g/mol. The summed E-state index contributed by atoms with van der Waals surface area (Å²) in [7, 11) is 0. The lowest BCUT2D eigenvalue weighted by molar-refractivity contribution is 0.983. The first-order chi connectivity index (χ1) is 2.91. The molecule has 0 amide bonds. The molecule has 0 heteroatoms. The molecule has 0 atom stereocenters. The van der Waals surface area contributed by atoms with E-state index in [1.165, 1.54) is 6.42 Å². The Morgan fingerprint density at radius 2 is 2.00 bits per heavy atom. The lowest BCUT2D eigenvalue weighted by Gasteiger charge is -1.71. The quantitative estimate of drug-likeness (QED) is 0.442. The van der Waals surface area contributed by atoms with Gasteiger partial charge >= 0.3 is 0 Å². The van der Waals surface area contributed by atoms with Gasteiger partial charge in [-0.05, 0) is 13.3 Å². The van der Waals surface area contributed by atoms with Gasteiger partial charge in [0.1, 0.15) is 0 Å². The zero-order valence-corrected chi connectivity index (χ0v) is 4.41. The van der Waals surface area contributed by atoms with Crippen LogP contribution in [0.15, 0.2) is 0 Å². The smallest absolute Gasteiger partial charge is 0.00859 e.